The summed E-state index contributed by atoms with van der Waals surface area (Å²) in [5.41, 5.74) is 0.771. The predicted molar refractivity (Wildman–Crippen MR) is 74.7 cm³/mol. The zero-order chi connectivity index (χ0) is 13.7. The van der Waals surface area contributed by atoms with Crippen LogP contribution in [-0.4, -0.2) is 49.7 Å². The molecule has 0 aromatic carbocycles. The molecular formula is C13H22N4O2. The Kier molecular flexibility index (Phi) is 4.93. The largest absolute Gasteiger partial charge is 0.383 e. The number of nitrogens with one attached hydrogen (secondary N) is 1. The molecule has 6 heteroatoms. The summed E-state index contributed by atoms with van der Waals surface area (Å²) in [6, 6.07) is 2.29. The van der Waals surface area contributed by atoms with Gasteiger partial charge in [-0.3, -0.25) is 4.79 Å². The number of aromatic nitrogens is 2. The van der Waals surface area contributed by atoms with Gasteiger partial charge in [0.1, 0.15) is 0 Å². The van der Waals surface area contributed by atoms with E-state index >= 15 is 0 Å². The molecule has 1 fully saturated rings. The Hall–Kier alpha value is -1.40. The maximum Gasteiger partial charge on any atom is 0.268 e. The molecule has 1 aromatic heterocycles. The van der Waals surface area contributed by atoms with Gasteiger partial charge in [-0.15, -0.1) is 0 Å². The van der Waals surface area contributed by atoms with Crippen LogP contribution in [0.15, 0.2) is 17.1 Å². The maximum absolute atomic E-state index is 11.9. The van der Waals surface area contributed by atoms with Crippen LogP contribution >= 0.6 is 0 Å². The van der Waals surface area contributed by atoms with Crippen LogP contribution in [0.25, 0.3) is 0 Å². The molecule has 6 nitrogen and oxygen atoms in total. The van der Waals surface area contributed by atoms with E-state index in [1.165, 1.54) is 17.5 Å². The van der Waals surface area contributed by atoms with Gasteiger partial charge in [0.05, 0.1) is 25.0 Å². The molecule has 1 heterocycles. The van der Waals surface area contributed by atoms with E-state index < -0.39 is 0 Å². The molecule has 19 heavy (non-hydrogen) atoms. The van der Waals surface area contributed by atoms with Gasteiger partial charge in [0.15, 0.2) is 0 Å². The van der Waals surface area contributed by atoms with Crippen LogP contribution in [0.1, 0.15) is 12.8 Å². The van der Waals surface area contributed by atoms with Gasteiger partial charge in [-0.25, -0.2) is 4.68 Å². The molecule has 1 aliphatic rings. The molecule has 0 amide bonds. The van der Waals surface area contributed by atoms with Crippen molar-refractivity contribution < 1.29 is 4.74 Å². The van der Waals surface area contributed by atoms with Crippen molar-refractivity contribution in [2.75, 3.05) is 38.8 Å². The van der Waals surface area contributed by atoms with Crippen molar-refractivity contribution in [3.63, 3.8) is 0 Å². The second-order valence-electron chi connectivity index (χ2n) is 4.92. The van der Waals surface area contributed by atoms with Gasteiger partial charge in [-0.1, -0.05) is 0 Å². The Balaban J connectivity index is 1.89. The molecule has 1 aromatic rings. The summed E-state index contributed by atoms with van der Waals surface area (Å²) < 4.78 is 6.52. The molecule has 0 saturated heterocycles. The predicted octanol–water partition coefficient (Wildman–Crippen LogP) is 0.0779. The summed E-state index contributed by atoms with van der Waals surface area (Å²) in [7, 11) is 3.59. The van der Waals surface area contributed by atoms with Crippen molar-refractivity contribution in [1.29, 1.82) is 0 Å². The summed E-state index contributed by atoms with van der Waals surface area (Å²) in [6.45, 7) is 2.80. The van der Waals surface area contributed by atoms with Gasteiger partial charge < -0.3 is 15.0 Å². The molecule has 0 spiro atoms. The quantitative estimate of drug-likeness (QED) is 0.722. The van der Waals surface area contributed by atoms with Crippen molar-refractivity contribution in [3.05, 3.63) is 22.6 Å². The highest BCUT2D eigenvalue weighted by Crippen LogP contribution is 2.17. The van der Waals surface area contributed by atoms with Crippen LogP contribution in [0.4, 0.5) is 5.69 Å². The number of likely N-dealkylation sites (N-methyl/N-ethyl adjacent to an activating group) is 1. The van der Waals surface area contributed by atoms with Gasteiger partial charge in [-0.2, -0.15) is 5.10 Å². The van der Waals surface area contributed by atoms with Crippen LogP contribution in [0.3, 0.4) is 0 Å². The standard InChI is InChI=1S/C13H22N4O2/c1-16(7-8-19-2)12-9-13(18)17(15-10-12)6-5-14-11-3-4-11/h9-11,14H,3-8H2,1-2H3. The molecule has 1 aliphatic carbocycles. The SMILES string of the molecule is COCCN(C)c1cnn(CCNC2CC2)c(=O)c1. The summed E-state index contributed by atoms with van der Waals surface area (Å²) in [5.74, 6) is 0. The number of nitrogens with zero attached hydrogens (tertiary/aromatic N) is 3. The number of ether oxygens (including phenoxy) is 1. The van der Waals surface area contributed by atoms with Gasteiger partial charge in [-0.05, 0) is 12.8 Å². The van der Waals surface area contributed by atoms with E-state index in [0.29, 0.717) is 19.2 Å². The first kappa shape index (κ1) is 14.0. The van der Waals surface area contributed by atoms with Gasteiger partial charge >= 0.3 is 0 Å². The van der Waals surface area contributed by atoms with Crippen LogP contribution < -0.4 is 15.8 Å². The molecule has 1 saturated carbocycles. The van der Waals surface area contributed by atoms with E-state index in [-0.39, 0.29) is 5.56 Å². The monoisotopic (exact) mass is 266 g/mol. The normalized spacial score (nSPS) is 14.6. The minimum atomic E-state index is -0.0561. The van der Waals surface area contributed by atoms with E-state index in [1.54, 1.807) is 19.4 Å². The third kappa shape index (κ3) is 4.33. The number of methoxy groups -OCH3 is 1. The summed E-state index contributed by atoms with van der Waals surface area (Å²) in [5, 5.41) is 7.58. The molecule has 106 valence electrons. The Morgan fingerprint density at radius 1 is 1.58 bits per heavy atom. The van der Waals surface area contributed by atoms with Crippen molar-refractivity contribution in [1.82, 2.24) is 15.1 Å². The summed E-state index contributed by atoms with van der Waals surface area (Å²) in [6.07, 6.45) is 4.24. The van der Waals surface area contributed by atoms with Crippen molar-refractivity contribution >= 4 is 5.69 Å². The Labute approximate surface area is 113 Å². The Morgan fingerprint density at radius 2 is 2.37 bits per heavy atom. The molecule has 0 unspecified atom stereocenters. The second kappa shape index (κ2) is 6.68. The lowest BCUT2D eigenvalue weighted by Gasteiger charge is -2.18. The lowest BCUT2D eigenvalue weighted by molar-refractivity contribution is 0.206. The number of hydrogen-bond donors (Lipinski definition) is 1. The Bertz CT molecular complexity index is 456. The highest BCUT2D eigenvalue weighted by atomic mass is 16.5. The number of hydrogen-bond acceptors (Lipinski definition) is 5. The van der Waals surface area contributed by atoms with E-state index in [1.807, 2.05) is 11.9 Å². The van der Waals surface area contributed by atoms with Crippen molar-refractivity contribution in [3.8, 4) is 0 Å². The number of anilines is 1. The molecular weight excluding hydrogens is 244 g/mol. The molecule has 0 radical (unpaired) electrons. The second-order valence-corrected chi connectivity index (χ2v) is 4.92. The van der Waals surface area contributed by atoms with Gasteiger partial charge in [0.2, 0.25) is 0 Å². The minimum Gasteiger partial charge on any atom is -0.383 e. The van der Waals surface area contributed by atoms with Crippen LogP contribution in [0.5, 0.6) is 0 Å². The lowest BCUT2D eigenvalue weighted by atomic mass is 10.4. The average molecular weight is 266 g/mol. The summed E-state index contributed by atoms with van der Waals surface area (Å²) in [4.78, 5) is 13.9. The fraction of sp³-hybridized carbons (Fsp3) is 0.692. The fourth-order valence-electron chi connectivity index (χ4n) is 1.82. The molecule has 1 N–H and O–H groups in total. The first-order valence-corrected chi connectivity index (χ1v) is 6.71. The zero-order valence-corrected chi connectivity index (χ0v) is 11.6. The highest BCUT2D eigenvalue weighted by molar-refractivity contribution is 5.41. The van der Waals surface area contributed by atoms with Gasteiger partial charge in [0.25, 0.3) is 5.56 Å². The molecule has 0 atom stereocenters. The van der Waals surface area contributed by atoms with E-state index in [2.05, 4.69) is 10.4 Å². The zero-order valence-electron chi connectivity index (χ0n) is 11.6. The van der Waals surface area contributed by atoms with Gasteiger partial charge in [0, 0.05) is 39.4 Å². The first-order valence-electron chi connectivity index (χ1n) is 6.71. The van der Waals surface area contributed by atoms with E-state index in [4.69, 9.17) is 4.74 Å². The molecule has 0 bridgehead atoms. The Morgan fingerprint density at radius 3 is 3.00 bits per heavy atom. The lowest BCUT2D eigenvalue weighted by Crippen LogP contribution is -2.31. The smallest absolute Gasteiger partial charge is 0.268 e. The number of rotatable bonds is 8. The van der Waals surface area contributed by atoms with Crippen molar-refractivity contribution in [2.45, 2.75) is 25.4 Å². The van der Waals surface area contributed by atoms with Crippen LogP contribution in [0, 0.1) is 0 Å². The van der Waals surface area contributed by atoms with Crippen LogP contribution in [-0.2, 0) is 11.3 Å². The van der Waals surface area contributed by atoms with Crippen molar-refractivity contribution in [2.24, 2.45) is 0 Å². The average Bonchev–Trinajstić information content (AvgIpc) is 3.22. The van der Waals surface area contributed by atoms with E-state index in [9.17, 15) is 4.79 Å². The molecule has 2 rings (SSSR count). The maximum atomic E-state index is 11.9. The fourth-order valence-corrected chi connectivity index (χ4v) is 1.82. The third-order valence-electron chi connectivity index (χ3n) is 3.26. The summed E-state index contributed by atoms with van der Waals surface area (Å²) >= 11 is 0. The van der Waals surface area contributed by atoms with E-state index in [0.717, 1.165) is 18.8 Å². The van der Waals surface area contributed by atoms with Crippen LogP contribution in [0.2, 0.25) is 0 Å². The molecule has 0 aliphatic heterocycles. The highest BCUT2D eigenvalue weighted by Gasteiger charge is 2.19. The first-order chi connectivity index (χ1) is 9.20. The third-order valence-corrected chi connectivity index (χ3v) is 3.26. The topological polar surface area (TPSA) is 59.4 Å². The minimum absolute atomic E-state index is 0.0561.